The Bertz CT molecular complexity index is 654. The first-order chi connectivity index (χ1) is 8.99. The van der Waals surface area contributed by atoms with Crippen LogP contribution in [0.25, 0.3) is 0 Å². The van der Waals surface area contributed by atoms with Crippen molar-refractivity contribution in [3.63, 3.8) is 0 Å². The van der Waals surface area contributed by atoms with Gasteiger partial charge in [-0.05, 0) is 18.2 Å². The molecule has 2 rings (SSSR count). The Morgan fingerprint density at radius 1 is 1.53 bits per heavy atom. The van der Waals surface area contributed by atoms with Crippen molar-refractivity contribution in [2.45, 2.75) is 10.6 Å². The Morgan fingerprint density at radius 3 is 2.89 bits per heavy atom. The number of benzene rings is 1. The number of hydrogen-bond donors (Lipinski definition) is 1. The van der Waals surface area contributed by atoms with E-state index in [1.54, 1.807) is 31.3 Å². The van der Waals surface area contributed by atoms with Crippen molar-refractivity contribution in [2.75, 3.05) is 0 Å². The maximum Gasteiger partial charge on any atom is 0.339 e. The molecule has 0 saturated carbocycles. The molecule has 1 atom stereocenters. The largest absolute Gasteiger partial charge is 0.478 e. The maximum absolute atomic E-state index is 12.2. The average molecular weight is 299 g/mol. The fraction of sp³-hybridized carbons (Fsp3) is 0.167. The summed E-state index contributed by atoms with van der Waals surface area (Å²) >= 11 is 5.84. The number of aryl methyl sites for hydroxylation is 1. The van der Waals surface area contributed by atoms with Crippen molar-refractivity contribution < 1.29 is 14.1 Å². The first-order valence-corrected chi connectivity index (χ1v) is 7.07. The third kappa shape index (κ3) is 3.02. The summed E-state index contributed by atoms with van der Waals surface area (Å²) in [5.74, 6) is -0.996. The van der Waals surface area contributed by atoms with Crippen LogP contribution < -0.4 is 0 Å². The fourth-order valence-corrected chi connectivity index (χ4v) is 3.13. The first-order valence-electron chi connectivity index (χ1n) is 5.37. The summed E-state index contributed by atoms with van der Waals surface area (Å²) in [5.41, 5.74) is 0.490. The second kappa shape index (κ2) is 5.54. The van der Waals surface area contributed by atoms with Gasteiger partial charge >= 0.3 is 5.97 Å². The Labute approximate surface area is 117 Å². The van der Waals surface area contributed by atoms with Gasteiger partial charge in [0.1, 0.15) is 5.56 Å². The van der Waals surface area contributed by atoms with E-state index in [0.29, 0.717) is 15.6 Å². The summed E-state index contributed by atoms with van der Waals surface area (Å²) in [7, 11) is 0.253. The van der Waals surface area contributed by atoms with E-state index in [1.165, 1.54) is 10.9 Å². The van der Waals surface area contributed by atoms with Gasteiger partial charge in [0.25, 0.3) is 0 Å². The van der Waals surface area contributed by atoms with Gasteiger partial charge in [-0.2, -0.15) is 5.10 Å². The molecular weight excluding hydrogens is 288 g/mol. The Morgan fingerprint density at radius 2 is 2.26 bits per heavy atom. The standard InChI is InChI=1S/C12H11ClN2O3S/c1-15-11(10(6-14-15)12(16)17)7-19(18)9-4-2-3-8(13)5-9/h2-6H,7H2,1H3,(H,16,17). The molecule has 0 aliphatic carbocycles. The zero-order valence-electron chi connectivity index (χ0n) is 10.0. The van der Waals surface area contributed by atoms with E-state index in [1.807, 2.05) is 0 Å². The Hall–Kier alpha value is -1.66. The number of halogens is 1. The summed E-state index contributed by atoms with van der Waals surface area (Å²) < 4.78 is 13.6. The number of aromatic nitrogens is 2. The number of carboxylic acids is 1. The van der Waals surface area contributed by atoms with Gasteiger partial charge in [0.15, 0.2) is 0 Å². The number of aromatic carboxylic acids is 1. The highest BCUT2D eigenvalue weighted by atomic mass is 35.5. The third-order valence-corrected chi connectivity index (χ3v) is 4.17. The second-order valence-electron chi connectivity index (χ2n) is 3.88. The van der Waals surface area contributed by atoms with E-state index in [4.69, 9.17) is 16.7 Å². The lowest BCUT2D eigenvalue weighted by Crippen LogP contribution is -2.08. The molecule has 1 N–H and O–H groups in total. The van der Waals surface area contributed by atoms with Crippen molar-refractivity contribution in [3.8, 4) is 0 Å². The van der Waals surface area contributed by atoms with Crippen molar-refractivity contribution in [1.82, 2.24) is 9.78 Å². The van der Waals surface area contributed by atoms with Crippen LogP contribution in [0.15, 0.2) is 35.4 Å². The maximum atomic E-state index is 12.2. The van der Waals surface area contributed by atoms with Crippen molar-refractivity contribution in [1.29, 1.82) is 0 Å². The van der Waals surface area contributed by atoms with Crippen LogP contribution in [0.3, 0.4) is 0 Å². The molecule has 0 spiro atoms. The van der Waals surface area contributed by atoms with Crippen LogP contribution in [-0.4, -0.2) is 25.1 Å². The van der Waals surface area contributed by atoms with Gasteiger partial charge in [-0.1, -0.05) is 17.7 Å². The Kier molecular flexibility index (Phi) is 4.01. The molecule has 19 heavy (non-hydrogen) atoms. The molecule has 0 amide bonds. The molecule has 100 valence electrons. The molecule has 0 bridgehead atoms. The van der Waals surface area contributed by atoms with Gasteiger partial charge in [0.05, 0.1) is 28.4 Å². The molecule has 0 fully saturated rings. The van der Waals surface area contributed by atoms with Crippen LogP contribution >= 0.6 is 11.6 Å². The molecule has 2 aromatic rings. The highest BCUT2D eigenvalue weighted by molar-refractivity contribution is 7.84. The van der Waals surface area contributed by atoms with Crippen LogP contribution in [0.2, 0.25) is 5.02 Å². The molecule has 0 aliphatic heterocycles. The normalized spacial score (nSPS) is 12.3. The smallest absolute Gasteiger partial charge is 0.339 e. The van der Waals surface area contributed by atoms with Crippen molar-refractivity contribution in [3.05, 3.63) is 46.7 Å². The molecule has 0 radical (unpaired) electrons. The molecule has 1 unspecified atom stereocenters. The lowest BCUT2D eigenvalue weighted by atomic mass is 10.3. The van der Waals surface area contributed by atoms with Crippen molar-refractivity contribution >= 4 is 28.4 Å². The van der Waals surface area contributed by atoms with E-state index in [9.17, 15) is 9.00 Å². The quantitative estimate of drug-likeness (QED) is 0.938. The predicted molar refractivity (Wildman–Crippen MR) is 71.7 cm³/mol. The average Bonchev–Trinajstić information content (AvgIpc) is 2.71. The van der Waals surface area contributed by atoms with Gasteiger partial charge in [0, 0.05) is 17.0 Å². The molecule has 7 heteroatoms. The summed E-state index contributed by atoms with van der Waals surface area (Å²) in [6.07, 6.45) is 1.26. The van der Waals surface area contributed by atoms with E-state index in [0.717, 1.165) is 0 Å². The van der Waals surface area contributed by atoms with Gasteiger partial charge in [-0.15, -0.1) is 0 Å². The van der Waals surface area contributed by atoms with E-state index in [-0.39, 0.29) is 11.3 Å². The van der Waals surface area contributed by atoms with Crippen LogP contribution in [0, 0.1) is 0 Å². The molecule has 5 nitrogen and oxygen atoms in total. The fourth-order valence-electron chi connectivity index (χ4n) is 1.63. The van der Waals surface area contributed by atoms with Crippen LogP contribution in [0.1, 0.15) is 16.1 Å². The van der Waals surface area contributed by atoms with Gasteiger partial charge in [0.2, 0.25) is 0 Å². The molecule has 1 aromatic heterocycles. The summed E-state index contributed by atoms with van der Waals surface area (Å²) in [5, 5.41) is 13.4. The van der Waals surface area contributed by atoms with E-state index < -0.39 is 16.8 Å². The monoisotopic (exact) mass is 298 g/mol. The number of hydrogen-bond acceptors (Lipinski definition) is 3. The summed E-state index contributed by atoms with van der Waals surface area (Å²) in [6.45, 7) is 0. The number of nitrogens with zero attached hydrogens (tertiary/aromatic N) is 2. The molecule has 1 heterocycles. The topological polar surface area (TPSA) is 72.2 Å². The Balaban J connectivity index is 2.29. The molecule has 0 saturated heterocycles. The minimum Gasteiger partial charge on any atom is -0.478 e. The molecular formula is C12H11ClN2O3S. The van der Waals surface area contributed by atoms with Crippen LogP contribution in [-0.2, 0) is 23.6 Å². The SMILES string of the molecule is Cn1ncc(C(=O)O)c1CS(=O)c1cccc(Cl)c1. The zero-order chi connectivity index (χ0) is 14.0. The first kappa shape index (κ1) is 13.8. The highest BCUT2D eigenvalue weighted by Gasteiger charge is 2.18. The lowest BCUT2D eigenvalue weighted by Gasteiger charge is -2.05. The number of rotatable bonds is 4. The number of carbonyl (C=O) groups is 1. The van der Waals surface area contributed by atoms with Gasteiger partial charge in [-0.25, -0.2) is 4.79 Å². The minimum atomic E-state index is -1.37. The van der Waals surface area contributed by atoms with E-state index >= 15 is 0 Å². The summed E-state index contributed by atoms with van der Waals surface area (Å²) in [4.78, 5) is 11.6. The van der Waals surface area contributed by atoms with Gasteiger partial charge in [-0.3, -0.25) is 8.89 Å². The molecule has 0 aliphatic rings. The zero-order valence-corrected chi connectivity index (χ0v) is 11.6. The van der Waals surface area contributed by atoms with E-state index in [2.05, 4.69) is 5.10 Å². The second-order valence-corrected chi connectivity index (χ2v) is 5.77. The van der Waals surface area contributed by atoms with Crippen LogP contribution in [0.5, 0.6) is 0 Å². The predicted octanol–water partition coefficient (Wildman–Crippen LogP) is 2.08. The molecule has 1 aromatic carbocycles. The van der Waals surface area contributed by atoms with Crippen molar-refractivity contribution in [2.24, 2.45) is 7.05 Å². The minimum absolute atomic E-state index is 0.0675. The van der Waals surface area contributed by atoms with Gasteiger partial charge < -0.3 is 5.11 Å². The lowest BCUT2D eigenvalue weighted by molar-refractivity contribution is 0.0696. The number of carboxylic acid groups (broad SMARTS) is 1. The summed E-state index contributed by atoms with van der Waals surface area (Å²) in [6, 6.07) is 6.69. The van der Waals surface area contributed by atoms with Crippen LogP contribution in [0.4, 0.5) is 0 Å². The highest BCUT2D eigenvalue weighted by Crippen LogP contribution is 2.18. The third-order valence-electron chi connectivity index (χ3n) is 2.62.